The zero-order chi connectivity index (χ0) is 18.7. The Morgan fingerprint density at radius 2 is 2.04 bits per heavy atom. The zero-order valence-electron chi connectivity index (χ0n) is 14.3. The third-order valence-electron chi connectivity index (χ3n) is 4.56. The van der Waals surface area contributed by atoms with Crippen molar-refractivity contribution in [3.8, 4) is 0 Å². The average Bonchev–Trinajstić information content (AvgIpc) is 3.13. The molecule has 0 saturated carbocycles. The Morgan fingerprint density at radius 3 is 2.58 bits per heavy atom. The minimum atomic E-state index is -4.39. The molecule has 2 aromatic rings. The molecule has 1 amide bonds. The predicted molar refractivity (Wildman–Crippen MR) is 89.2 cm³/mol. The number of rotatable bonds is 4. The maximum absolute atomic E-state index is 12.6. The maximum atomic E-state index is 12.6. The van der Waals surface area contributed by atoms with Crippen LogP contribution in [0, 0.1) is 5.92 Å². The van der Waals surface area contributed by atoms with Crippen molar-refractivity contribution < 1.29 is 18.0 Å². The summed E-state index contributed by atoms with van der Waals surface area (Å²) in [5.41, 5.74) is -0.758. The number of aromatic nitrogens is 3. The van der Waals surface area contributed by atoms with Crippen molar-refractivity contribution in [2.24, 2.45) is 5.92 Å². The number of nitrogens with one attached hydrogen (secondary N) is 1. The Hall–Kier alpha value is -2.58. The zero-order valence-corrected chi connectivity index (χ0v) is 14.3. The van der Waals surface area contributed by atoms with Crippen molar-refractivity contribution >= 4 is 11.7 Å². The van der Waals surface area contributed by atoms with E-state index in [-0.39, 0.29) is 11.8 Å². The third-order valence-corrected chi connectivity index (χ3v) is 4.56. The molecule has 2 aromatic heterocycles. The molecule has 140 valence electrons. The second-order valence-corrected chi connectivity index (χ2v) is 6.39. The molecule has 0 spiro atoms. The van der Waals surface area contributed by atoms with Gasteiger partial charge in [0.2, 0.25) is 5.91 Å². The number of alkyl halides is 3. The molecule has 0 bridgehead atoms. The summed E-state index contributed by atoms with van der Waals surface area (Å²) in [7, 11) is 1.74. The molecule has 3 rings (SSSR count). The summed E-state index contributed by atoms with van der Waals surface area (Å²) >= 11 is 0. The molecule has 0 aliphatic carbocycles. The van der Waals surface area contributed by atoms with Gasteiger partial charge in [-0.25, -0.2) is 9.97 Å². The molecule has 1 aliphatic heterocycles. The first-order chi connectivity index (χ1) is 12.3. The van der Waals surface area contributed by atoms with E-state index in [0.717, 1.165) is 18.1 Å². The monoisotopic (exact) mass is 367 g/mol. The van der Waals surface area contributed by atoms with E-state index in [1.807, 2.05) is 4.90 Å². The van der Waals surface area contributed by atoms with Gasteiger partial charge in [0, 0.05) is 44.6 Å². The first-order valence-electron chi connectivity index (χ1n) is 8.36. The van der Waals surface area contributed by atoms with Gasteiger partial charge in [-0.15, -0.1) is 0 Å². The largest absolute Gasteiger partial charge is 0.417 e. The van der Waals surface area contributed by atoms with Gasteiger partial charge < -0.3 is 14.8 Å². The van der Waals surface area contributed by atoms with Crippen LogP contribution in [-0.2, 0) is 17.5 Å². The summed E-state index contributed by atoms with van der Waals surface area (Å²) in [5, 5.41) is 0. The molecule has 3 heterocycles. The standard InChI is InChI=1S/C17H20F3N5O/c1-24(11-14-21-6-7-22-14)16(26)12-4-8-25(9-5-12)15-3-2-13(10-23-15)17(18,19)20/h2-3,6-7,10,12H,4-5,8-9,11H2,1H3,(H,21,22). The van der Waals surface area contributed by atoms with E-state index in [0.29, 0.717) is 38.3 Å². The van der Waals surface area contributed by atoms with E-state index in [2.05, 4.69) is 15.0 Å². The molecular formula is C17H20F3N5O. The van der Waals surface area contributed by atoms with Crippen molar-refractivity contribution in [3.05, 3.63) is 42.1 Å². The molecule has 1 aliphatic rings. The Balaban J connectivity index is 1.54. The minimum absolute atomic E-state index is 0.0569. The SMILES string of the molecule is CN(Cc1ncc[nH]1)C(=O)C1CCN(c2ccc(C(F)(F)F)cn2)CC1. The van der Waals surface area contributed by atoms with Gasteiger partial charge in [-0.05, 0) is 25.0 Å². The van der Waals surface area contributed by atoms with Crippen molar-refractivity contribution in [2.45, 2.75) is 25.6 Å². The molecular weight excluding hydrogens is 347 g/mol. The van der Waals surface area contributed by atoms with E-state index in [1.165, 1.54) is 6.07 Å². The number of pyridine rings is 1. The first-order valence-corrected chi connectivity index (χ1v) is 8.36. The number of H-pyrrole nitrogens is 1. The lowest BCUT2D eigenvalue weighted by molar-refractivity contribution is -0.138. The summed E-state index contributed by atoms with van der Waals surface area (Å²) in [6, 6.07) is 2.42. The van der Waals surface area contributed by atoms with Gasteiger partial charge in [-0.3, -0.25) is 4.79 Å². The van der Waals surface area contributed by atoms with Gasteiger partial charge in [-0.1, -0.05) is 0 Å². The summed E-state index contributed by atoms with van der Waals surface area (Å²) in [6.07, 6.45) is 1.10. The maximum Gasteiger partial charge on any atom is 0.417 e. The number of carbonyl (C=O) groups is 1. The van der Waals surface area contributed by atoms with E-state index in [1.54, 1.807) is 24.3 Å². The van der Waals surface area contributed by atoms with Crippen molar-refractivity contribution in [2.75, 3.05) is 25.0 Å². The van der Waals surface area contributed by atoms with E-state index >= 15 is 0 Å². The molecule has 1 N–H and O–H groups in total. The van der Waals surface area contributed by atoms with Gasteiger partial charge >= 0.3 is 6.18 Å². The Bertz CT molecular complexity index is 722. The van der Waals surface area contributed by atoms with Crippen LogP contribution in [0.15, 0.2) is 30.7 Å². The summed E-state index contributed by atoms with van der Waals surface area (Å²) in [6.45, 7) is 1.60. The Morgan fingerprint density at radius 1 is 1.31 bits per heavy atom. The summed E-state index contributed by atoms with van der Waals surface area (Å²) in [5.74, 6) is 1.20. The van der Waals surface area contributed by atoms with E-state index in [9.17, 15) is 18.0 Å². The minimum Gasteiger partial charge on any atom is -0.357 e. The van der Waals surface area contributed by atoms with E-state index in [4.69, 9.17) is 0 Å². The lowest BCUT2D eigenvalue weighted by atomic mass is 9.95. The van der Waals surface area contributed by atoms with Crippen LogP contribution in [0.1, 0.15) is 24.2 Å². The number of halogens is 3. The van der Waals surface area contributed by atoms with Crippen LogP contribution in [0.4, 0.5) is 19.0 Å². The lowest BCUT2D eigenvalue weighted by Gasteiger charge is -2.33. The fourth-order valence-electron chi connectivity index (χ4n) is 3.10. The Kier molecular flexibility index (Phi) is 5.15. The number of carbonyl (C=O) groups excluding carboxylic acids is 1. The highest BCUT2D eigenvalue weighted by atomic mass is 19.4. The topological polar surface area (TPSA) is 65.1 Å². The normalized spacial score (nSPS) is 15.9. The second kappa shape index (κ2) is 7.35. The van der Waals surface area contributed by atoms with Gasteiger partial charge in [0.15, 0.2) is 0 Å². The summed E-state index contributed by atoms with van der Waals surface area (Å²) in [4.78, 5) is 27.1. The lowest BCUT2D eigenvalue weighted by Crippen LogP contribution is -2.41. The van der Waals surface area contributed by atoms with Gasteiger partial charge in [0.1, 0.15) is 11.6 Å². The summed E-state index contributed by atoms with van der Waals surface area (Å²) < 4.78 is 37.8. The predicted octanol–water partition coefficient (Wildman–Crippen LogP) is 2.70. The molecule has 0 unspecified atom stereocenters. The van der Waals surface area contributed by atoms with Gasteiger partial charge in [-0.2, -0.15) is 13.2 Å². The number of nitrogens with zero attached hydrogens (tertiary/aromatic N) is 4. The number of anilines is 1. The fourth-order valence-corrected chi connectivity index (χ4v) is 3.10. The molecule has 9 heteroatoms. The molecule has 1 fully saturated rings. The average molecular weight is 367 g/mol. The molecule has 26 heavy (non-hydrogen) atoms. The van der Waals surface area contributed by atoms with Crippen molar-refractivity contribution in [1.29, 1.82) is 0 Å². The van der Waals surface area contributed by atoms with E-state index < -0.39 is 11.7 Å². The van der Waals surface area contributed by atoms with Crippen LogP contribution >= 0.6 is 0 Å². The van der Waals surface area contributed by atoms with Crippen LogP contribution in [-0.4, -0.2) is 45.9 Å². The Labute approximate surface area is 149 Å². The molecule has 0 aromatic carbocycles. The number of amides is 1. The van der Waals surface area contributed by atoms with Crippen LogP contribution in [0.2, 0.25) is 0 Å². The van der Waals surface area contributed by atoms with Gasteiger partial charge in [0.25, 0.3) is 0 Å². The molecule has 1 saturated heterocycles. The van der Waals surface area contributed by atoms with Crippen LogP contribution in [0.5, 0.6) is 0 Å². The molecule has 0 atom stereocenters. The molecule has 6 nitrogen and oxygen atoms in total. The first kappa shape index (κ1) is 18.2. The highest BCUT2D eigenvalue weighted by molar-refractivity contribution is 5.78. The number of hydrogen-bond donors (Lipinski definition) is 1. The second-order valence-electron chi connectivity index (χ2n) is 6.39. The van der Waals surface area contributed by atoms with Crippen molar-refractivity contribution in [3.63, 3.8) is 0 Å². The van der Waals surface area contributed by atoms with Crippen LogP contribution in [0.25, 0.3) is 0 Å². The quantitative estimate of drug-likeness (QED) is 0.902. The number of hydrogen-bond acceptors (Lipinski definition) is 4. The highest BCUT2D eigenvalue weighted by Crippen LogP contribution is 2.30. The van der Waals surface area contributed by atoms with Crippen LogP contribution < -0.4 is 4.90 Å². The number of aromatic amines is 1. The highest BCUT2D eigenvalue weighted by Gasteiger charge is 2.32. The van der Waals surface area contributed by atoms with Crippen molar-refractivity contribution in [1.82, 2.24) is 19.9 Å². The number of piperidine rings is 1. The fraction of sp³-hybridized carbons (Fsp3) is 0.471. The third kappa shape index (κ3) is 4.14. The molecule has 0 radical (unpaired) electrons. The smallest absolute Gasteiger partial charge is 0.357 e. The van der Waals surface area contributed by atoms with Crippen LogP contribution in [0.3, 0.4) is 0 Å². The number of imidazole rings is 1. The van der Waals surface area contributed by atoms with Gasteiger partial charge in [0.05, 0.1) is 12.1 Å².